The normalized spacial score (nSPS) is 14.5. The summed E-state index contributed by atoms with van der Waals surface area (Å²) < 4.78 is 0. The Hall–Kier alpha value is -1.18. The molecule has 1 heterocycles. The van der Waals surface area contributed by atoms with Crippen LogP contribution in [0.1, 0.15) is 26.3 Å². The van der Waals surface area contributed by atoms with Crippen LogP contribution < -0.4 is 10.7 Å². The minimum Gasteiger partial charge on any atom is -0.260 e. The van der Waals surface area contributed by atoms with Gasteiger partial charge in [-0.05, 0) is 23.5 Å². The maximum Gasteiger partial charge on any atom is 0.130 e. The Morgan fingerprint density at radius 1 is 1.21 bits per heavy atom. The Morgan fingerprint density at radius 2 is 2.00 bits per heavy atom. The van der Waals surface area contributed by atoms with Gasteiger partial charge in [0.15, 0.2) is 0 Å². The quantitative estimate of drug-likeness (QED) is 0.638. The van der Waals surface area contributed by atoms with Crippen LogP contribution in [0, 0.1) is 5.41 Å². The molecule has 0 N–H and O–H groups in total. The molecular weight excluding hydrogens is 172 g/mol. The molecule has 0 fully saturated rings. The molecule has 1 aromatic rings. The lowest BCUT2D eigenvalue weighted by Gasteiger charge is -2.17. The smallest absolute Gasteiger partial charge is 0.130 e. The van der Waals surface area contributed by atoms with Gasteiger partial charge in [-0.3, -0.25) is 9.98 Å². The van der Waals surface area contributed by atoms with Crippen LogP contribution in [-0.2, 0) is 6.42 Å². The molecule has 2 nitrogen and oxygen atoms in total. The fourth-order valence-electron chi connectivity index (χ4n) is 1.78. The molecule has 0 amide bonds. The molecule has 0 aromatic heterocycles. The van der Waals surface area contributed by atoms with Crippen molar-refractivity contribution >= 4 is 0 Å². The second-order valence-corrected chi connectivity index (χ2v) is 4.98. The molecule has 0 unspecified atom stereocenters. The van der Waals surface area contributed by atoms with Crippen molar-refractivity contribution in [3.63, 3.8) is 0 Å². The molecule has 14 heavy (non-hydrogen) atoms. The summed E-state index contributed by atoms with van der Waals surface area (Å²) in [7, 11) is 0. The summed E-state index contributed by atoms with van der Waals surface area (Å²) in [4.78, 5) is 8.74. The van der Waals surface area contributed by atoms with Crippen LogP contribution in [0.3, 0.4) is 0 Å². The number of nitrogens with zero attached hydrogens (tertiary/aromatic N) is 2. The summed E-state index contributed by atoms with van der Waals surface area (Å²) in [6.07, 6.45) is 1.06. The van der Waals surface area contributed by atoms with E-state index in [9.17, 15) is 0 Å². The minimum atomic E-state index is 0.313. The Labute approximate surface area is 84.4 Å². The SMILES string of the molecule is CC(C)(C)Cc1cccc2c1=NCN=2. The summed E-state index contributed by atoms with van der Waals surface area (Å²) in [5.41, 5.74) is 1.64. The van der Waals surface area contributed by atoms with Crippen molar-refractivity contribution in [3.05, 3.63) is 34.5 Å². The highest BCUT2D eigenvalue weighted by atomic mass is 15.0. The van der Waals surface area contributed by atoms with E-state index in [2.05, 4.69) is 42.9 Å². The number of para-hydroxylation sites is 1. The number of benzene rings is 1. The number of fused-ring (bicyclic) bond motifs is 1. The lowest BCUT2D eigenvalue weighted by atomic mass is 9.88. The third-order valence-corrected chi connectivity index (χ3v) is 2.29. The van der Waals surface area contributed by atoms with E-state index in [-0.39, 0.29) is 0 Å². The van der Waals surface area contributed by atoms with Crippen LogP contribution in [0.25, 0.3) is 0 Å². The number of hydrogen-bond acceptors (Lipinski definition) is 2. The largest absolute Gasteiger partial charge is 0.260 e. The van der Waals surface area contributed by atoms with E-state index in [4.69, 9.17) is 0 Å². The van der Waals surface area contributed by atoms with Gasteiger partial charge in [-0.2, -0.15) is 0 Å². The fraction of sp³-hybridized carbons (Fsp3) is 0.500. The highest BCUT2D eigenvalue weighted by Crippen LogP contribution is 2.18. The topological polar surface area (TPSA) is 24.7 Å². The van der Waals surface area contributed by atoms with Gasteiger partial charge in [-0.1, -0.05) is 32.9 Å². The standard InChI is InChI=1S/C12H16N2/c1-12(2,3)7-9-5-4-6-10-11(9)14-8-13-10/h4-6H,7-8H2,1-3H3. The van der Waals surface area contributed by atoms with Crippen molar-refractivity contribution < 1.29 is 0 Å². The lowest BCUT2D eigenvalue weighted by molar-refractivity contribution is 0.409. The van der Waals surface area contributed by atoms with Crippen molar-refractivity contribution in [3.8, 4) is 0 Å². The first-order valence-corrected chi connectivity index (χ1v) is 5.03. The summed E-state index contributed by atoms with van der Waals surface area (Å²) in [6, 6.07) is 6.27. The average molecular weight is 188 g/mol. The second-order valence-electron chi connectivity index (χ2n) is 4.98. The summed E-state index contributed by atoms with van der Waals surface area (Å²) in [5.74, 6) is 0. The van der Waals surface area contributed by atoms with Crippen LogP contribution in [0.2, 0.25) is 0 Å². The first-order valence-electron chi connectivity index (χ1n) is 5.03. The second kappa shape index (κ2) is 3.19. The highest BCUT2D eigenvalue weighted by molar-refractivity contribution is 5.17. The van der Waals surface area contributed by atoms with Gasteiger partial charge in [0.05, 0.1) is 10.7 Å². The molecule has 2 heteroatoms. The van der Waals surface area contributed by atoms with Gasteiger partial charge in [0, 0.05) is 0 Å². The predicted octanol–water partition coefficient (Wildman–Crippen LogP) is 1.49. The van der Waals surface area contributed by atoms with Crippen LogP contribution in [0.5, 0.6) is 0 Å². The van der Waals surface area contributed by atoms with E-state index in [1.54, 1.807) is 0 Å². The predicted molar refractivity (Wildman–Crippen MR) is 56.8 cm³/mol. The Morgan fingerprint density at radius 3 is 2.71 bits per heavy atom. The van der Waals surface area contributed by atoms with Crippen LogP contribution in [-0.4, -0.2) is 6.67 Å². The molecule has 1 aliphatic heterocycles. The fourth-order valence-corrected chi connectivity index (χ4v) is 1.78. The molecule has 0 saturated heterocycles. The Kier molecular flexibility index (Phi) is 2.14. The summed E-state index contributed by atoms with van der Waals surface area (Å²) in [5, 5.41) is 2.18. The van der Waals surface area contributed by atoms with Gasteiger partial charge in [-0.15, -0.1) is 0 Å². The van der Waals surface area contributed by atoms with Gasteiger partial charge >= 0.3 is 0 Å². The molecule has 74 valence electrons. The number of hydrogen-bond donors (Lipinski definition) is 0. The average Bonchev–Trinajstić information content (AvgIpc) is 2.49. The monoisotopic (exact) mass is 188 g/mol. The van der Waals surface area contributed by atoms with E-state index in [1.807, 2.05) is 6.07 Å². The molecule has 1 aliphatic rings. The van der Waals surface area contributed by atoms with Gasteiger partial charge in [0.25, 0.3) is 0 Å². The zero-order valence-corrected chi connectivity index (χ0v) is 9.04. The molecule has 2 rings (SSSR count). The number of rotatable bonds is 1. The van der Waals surface area contributed by atoms with Crippen molar-refractivity contribution in [2.45, 2.75) is 27.2 Å². The van der Waals surface area contributed by atoms with E-state index in [1.165, 1.54) is 5.56 Å². The van der Waals surface area contributed by atoms with Gasteiger partial charge in [-0.25, -0.2) is 0 Å². The van der Waals surface area contributed by atoms with E-state index in [0.717, 1.165) is 17.1 Å². The Bertz CT molecular complexity index is 452. The maximum absolute atomic E-state index is 4.42. The first kappa shape index (κ1) is 9.38. The summed E-state index contributed by atoms with van der Waals surface area (Å²) in [6.45, 7) is 7.35. The molecule has 0 atom stereocenters. The van der Waals surface area contributed by atoms with Crippen molar-refractivity contribution in [1.29, 1.82) is 0 Å². The maximum atomic E-state index is 4.42. The third-order valence-electron chi connectivity index (χ3n) is 2.29. The zero-order chi connectivity index (χ0) is 10.2. The van der Waals surface area contributed by atoms with E-state index in [0.29, 0.717) is 12.1 Å². The van der Waals surface area contributed by atoms with Gasteiger partial charge in [0.2, 0.25) is 0 Å². The third kappa shape index (κ3) is 1.84. The highest BCUT2D eigenvalue weighted by Gasteiger charge is 2.13. The van der Waals surface area contributed by atoms with Crippen LogP contribution in [0.15, 0.2) is 28.2 Å². The van der Waals surface area contributed by atoms with E-state index < -0.39 is 0 Å². The summed E-state index contributed by atoms with van der Waals surface area (Å²) >= 11 is 0. The van der Waals surface area contributed by atoms with E-state index >= 15 is 0 Å². The molecule has 0 aliphatic carbocycles. The van der Waals surface area contributed by atoms with Crippen LogP contribution >= 0.6 is 0 Å². The van der Waals surface area contributed by atoms with Crippen LogP contribution in [0.4, 0.5) is 0 Å². The minimum absolute atomic E-state index is 0.313. The van der Waals surface area contributed by atoms with Crippen molar-refractivity contribution in [1.82, 2.24) is 0 Å². The zero-order valence-electron chi connectivity index (χ0n) is 9.04. The molecule has 1 aromatic carbocycles. The van der Waals surface area contributed by atoms with Gasteiger partial charge in [0.1, 0.15) is 6.67 Å². The first-order chi connectivity index (χ1) is 6.56. The Balaban J connectivity index is 2.48. The molecule has 0 radical (unpaired) electrons. The van der Waals surface area contributed by atoms with Crippen molar-refractivity contribution in [2.75, 3.05) is 6.67 Å². The van der Waals surface area contributed by atoms with Gasteiger partial charge < -0.3 is 0 Å². The van der Waals surface area contributed by atoms with Crippen molar-refractivity contribution in [2.24, 2.45) is 15.4 Å². The molecular formula is C12H16N2. The molecule has 0 saturated carbocycles. The molecule has 0 spiro atoms. The molecule has 0 bridgehead atoms. The lowest BCUT2D eigenvalue weighted by Crippen LogP contribution is -2.28.